The predicted molar refractivity (Wildman–Crippen MR) is 98.2 cm³/mol. The molecule has 1 heterocycles. The molecule has 1 aliphatic heterocycles. The van der Waals surface area contributed by atoms with Gasteiger partial charge in [-0.2, -0.15) is 13.2 Å². The summed E-state index contributed by atoms with van der Waals surface area (Å²) in [4.78, 5) is 0. The summed E-state index contributed by atoms with van der Waals surface area (Å²) >= 11 is 0. The molecule has 0 radical (unpaired) electrons. The van der Waals surface area contributed by atoms with Gasteiger partial charge in [-0.15, -0.1) is 0 Å². The summed E-state index contributed by atoms with van der Waals surface area (Å²) in [5.74, 6) is 0. The molecule has 2 nitrogen and oxygen atoms in total. The maximum Gasteiger partial charge on any atom is 0.416 e. The average Bonchev–Trinajstić information content (AvgIpc) is 3.13. The summed E-state index contributed by atoms with van der Waals surface area (Å²) in [6, 6.07) is 10.4. The minimum Gasteiger partial charge on any atom is -0.382 e. The zero-order chi connectivity index (χ0) is 18.1. The largest absolute Gasteiger partial charge is 0.416 e. The van der Waals surface area contributed by atoms with Crippen LogP contribution in [0.3, 0.4) is 0 Å². The highest BCUT2D eigenvalue weighted by Gasteiger charge is 2.30. The van der Waals surface area contributed by atoms with E-state index in [1.807, 2.05) is 0 Å². The van der Waals surface area contributed by atoms with E-state index in [0.717, 1.165) is 36.3 Å². The molecule has 0 bridgehead atoms. The van der Waals surface area contributed by atoms with Crippen molar-refractivity contribution in [3.63, 3.8) is 0 Å². The second-order valence-corrected chi connectivity index (χ2v) is 7.29. The quantitative estimate of drug-likeness (QED) is 0.769. The van der Waals surface area contributed by atoms with Crippen molar-refractivity contribution in [3.8, 4) is 11.1 Å². The van der Waals surface area contributed by atoms with Crippen LogP contribution in [-0.2, 0) is 19.1 Å². The van der Waals surface area contributed by atoms with Gasteiger partial charge in [0.05, 0.1) is 5.56 Å². The van der Waals surface area contributed by atoms with Gasteiger partial charge in [0, 0.05) is 18.3 Å². The van der Waals surface area contributed by atoms with Gasteiger partial charge >= 0.3 is 6.18 Å². The van der Waals surface area contributed by atoms with Crippen LogP contribution in [0.15, 0.2) is 36.4 Å². The van der Waals surface area contributed by atoms with Gasteiger partial charge in [0.1, 0.15) is 0 Å². The molecular formula is C21H23F3N2. The summed E-state index contributed by atoms with van der Waals surface area (Å²) in [5, 5.41) is 7.02. The lowest BCUT2D eigenvalue weighted by molar-refractivity contribution is -0.137. The van der Waals surface area contributed by atoms with Gasteiger partial charge in [0.25, 0.3) is 0 Å². The molecule has 1 saturated carbocycles. The lowest BCUT2D eigenvalue weighted by Crippen LogP contribution is -2.25. The van der Waals surface area contributed by atoms with Gasteiger partial charge in [0.15, 0.2) is 0 Å². The zero-order valence-corrected chi connectivity index (χ0v) is 14.6. The first-order valence-corrected chi connectivity index (χ1v) is 9.31. The van der Waals surface area contributed by atoms with E-state index in [4.69, 9.17) is 0 Å². The highest BCUT2D eigenvalue weighted by atomic mass is 19.4. The second kappa shape index (κ2) is 6.95. The van der Waals surface area contributed by atoms with Gasteiger partial charge in [-0.25, -0.2) is 0 Å². The number of hydrogen-bond donors (Lipinski definition) is 2. The van der Waals surface area contributed by atoms with Crippen LogP contribution in [0.5, 0.6) is 0 Å². The van der Waals surface area contributed by atoms with Crippen molar-refractivity contribution in [1.82, 2.24) is 5.32 Å². The minimum atomic E-state index is -4.30. The number of benzene rings is 2. The third-order valence-electron chi connectivity index (χ3n) is 5.46. The fourth-order valence-electron chi connectivity index (χ4n) is 4.11. The standard InChI is InChI=1S/C21H23F3N2/c22-21(23,24)16-7-5-14(6-8-16)20-12-18(26-17-3-1-2-4-17)11-15-13-25-10-9-19(15)20/h5-8,11-12,17,25-26H,1-4,9-10,13H2. The Morgan fingerprint density at radius 3 is 2.42 bits per heavy atom. The van der Waals surface area contributed by atoms with Crippen molar-refractivity contribution in [2.75, 3.05) is 11.9 Å². The molecule has 1 aliphatic carbocycles. The van der Waals surface area contributed by atoms with E-state index >= 15 is 0 Å². The van der Waals surface area contributed by atoms with Gasteiger partial charge in [0.2, 0.25) is 0 Å². The third-order valence-corrected chi connectivity index (χ3v) is 5.46. The number of halogens is 3. The third kappa shape index (κ3) is 3.58. The molecule has 2 aromatic carbocycles. The summed E-state index contributed by atoms with van der Waals surface area (Å²) in [7, 11) is 0. The molecule has 1 fully saturated rings. The molecule has 0 amide bonds. The van der Waals surface area contributed by atoms with E-state index in [1.54, 1.807) is 12.1 Å². The van der Waals surface area contributed by atoms with Crippen molar-refractivity contribution >= 4 is 5.69 Å². The van der Waals surface area contributed by atoms with Crippen molar-refractivity contribution in [1.29, 1.82) is 0 Å². The Kier molecular flexibility index (Phi) is 4.65. The van der Waals surface area contributed by atoms with Crippen LogP contribution in [0.1, 0.15) is 42.4 Å². The first kappa shape index (κ1) is 17.4. The maximum atomic E-state index is 12.9. The summed E-state index contributed by atoms with van der Waals surface area (Å²) in [5.41, 5.74) is 4.88. The lowest BCUT2D eigenvalue weighted by Gasteiger charge is -2.24. The Morgan fingerprint density at radius 1 is 1.00 bits per heavy atom. The van der Waals surface area contributed by atoms with E-state index < -0.39 is 11.7 Å². The minimum absolute atomic E-state index is 0.505. The normalized spacial score (nSPS) is 18.0. The van der Waals surface area contributed by atoms with Gasteiger partial charge < -0.3 is 10.6 Å². The number of rotatable bonds is 3. The molecule has 26 heavy (non-hydrogen) atoms. The molecular weight excluding hydrogens is 337 g/mol. The van der Waals surface area contributed by atoms with Crippen molar-refractivity contribution in [2.45, 2.75) is 50.9 Å². The fraction of sp³-hybridized carbons (Fsp3) is 0.429. The van der Waals surface area contributed by atoms with Crippen molar-refractivity contribution in [3.05, 3.63) is 53.1 Å². The van der Waals surface area contributed by atoms with E-state index in [0.29, 0.717) is 6.04 Å². The number of anilines is 1. The zero-order valence-electron chi connectivity index (χ0n) is 14.6. The Morgan fingerprint density at radius 2 is 1.73 bits per heavy atom. The number of alkyl halides is 3. The van der Waals surface area contributed by atoms with E-state index in [2.05, 4.69) is 22.8 Å². The summed E-state index contributed by atoms with van der Waals surface area (Å²) in [6.45, 7) is 1.71. The maximum absolute atomic E-state index is 12.9. The Labute approximate surface area is 151 Å². The first-order chi connectivity index (χ1) is 12.5. The molecule has 2 N–H and O–H groups in total. The molecule has 0 saturated heterocycles. The topological polar surface area (TPSA) is 24.1 Å². The van der Waals surface area contributed by atoms with Gasteiger partial charge in [-0.05, 0) is 72.3 Å². The molecule has 0 aromatic heterocycles. The van der Waals surface area contributed by atoms with Crippen LogP contribution in [0.4, 0.5) is 18.9 Å². The highest BCUT2D eigenvalue weighted by Crippen LogP contribution is 2.35. The van der Waals surface area contributed by atoms with Crippen LogP contribution in [-0.4, -0.2) is 12.6 Å². The number of fused-ring (bicyclic) bond motifs is 1. The van der Waals surface area contributed by atoms with Crippen LogP contribution in [0.2, 0.25) is 0 Å². The van der Waals surface area contributed by atoms with E-state index in [-0.39, 0.29) is 0 Å². The van der Waals surface area contributed by atoms with Crippen LogP contribution in [0, 0.1) is 0 Å². The molecule has 0 unspecified atom stereocenters. The second-order valence-electron chi connectivity index (χ2n) is 7.29. The summed E-state index contributed by atoms with van der Waals surface area (Å²) in [6.07, 6.45) is 1.49. The Bertz CT molecular complexity index is 775. The van der Waals surface area contributed by atoms with E-state index in [9.17, 15) is 13.2 Å². The monoisotopic (exact) mass is 360 g/mol. The lowest BCUT2D eigenvalue weighted by atomic mass is 9.90. The average molecular weight is 360 g/mol. The van der Waals surface area contributed by atoms with Crippen LogP contribution in [0.25, 0.3) is 11.1 Å². The van der Waals surface area contributed by atoms with Crippen molar-refractivity contribution < 1.29 is 13.2 Å². The molecule has 0 spiro atoms. The Hall–Kier alpha value is -2.01. The van der Waals surface area contributed by atoms with Gasteiger partial charge in [-0.1, -0.05) is 25.0 Å². The predicted octanol–water partition coefficient (Wildman–Crippen LogP) is 5.37. The molecule has 2 aromatic rings. The fourth-order valence-corrected chi connectivity index (χ4v) is 4.11. The van der Waals surface area contributed by atoms with Crippen molar-refractivity contribution in [2.24, 2.45) is 0 Å². The molecule has 2 aliphatic rings. The number of nitrogens with one attached hydrogen (secondary N) is 2. The van der Waals surface area contributed by atoms with Crippen LogP contribution < -0.4 is 10.6 Å². The van der Waals surface area contributed by atoms with E-state index in [1.165, 1.54) is 48.9 Å². The summed E-state index contributed by atoms with van der Waals surface area (Å²) < 4.78 is 38.6. The molecule has 4 rings (SSSR count). The molecule has 138 valence electrons. The van der Waals surface area contributed by atoms with Crippen LogP contribution >= 0.6 is 0 Å². The SMILES string of the molecule is FC(F)(F)c1ccc(-c2cc(NC3CCCC3)cc3c2CCNC3)cc1. The Balaban J connectivity index is 1.71. The smallest absolute Gasteiger partial charge is 0.382 e. The molecule has 0 atom stereocenters. The molecule has 5 heteroatoms. The number of hydrogen-bond acceptors (Lipinski definition) is 2. The first-order valence-electron chi connectivity index (χ1n) is 9.31. The highest BCUT2D eigenvalue weighted by molar-refractivity contribution is 5.74. The van der Waals surface area contributed by atoms with Gasteiger partial charge in [-0.3, -0.25) is 0 Å².